The molecule has 1 saturated heterocycles. The second kappa shape index (κ2) is 7.52. The van der Waals surface area contributed by atoms with E-state index in [2.05, 4.69) is 34.3 Å². The van der Waals surface area contributed by atoms with Crippen LogP contribution in [0.1, 0.15) is 24.8 Å². The van der Waals surface area contributed by atoms with Gasteiger partial charge in [-0.3, -0.25) is 0 Å². The first kappa shape index (κ1) is 16.5. The molecule has 5 heteroatoms. The van der Waals surface area contributed by atoms with E-state index in [4.69, 9.17) is 9.97 Å². The highest BCUT2D eigenvalue weighted by molar-refractivity contribution is 5.61. The van der Waals surface area contributed by atoms with Gasteiger partial charge in [0.05, 0.1) is 0 Å². The Balaban J connectivity index is 1.70. The molecule has 5 nitrogen and oxygen atoms in total. The lowest BCUT2D eigenvalue weighted by Crippen LogP contribution is -2.31. The van der Waals surface area contributed by atoms with Gasteiger partial charge < -0.3 is 10.2 Å². The average molecular weight is 345 g/mol. The molecule has 132 valence electrons. The SMILES string of the molecule is Cc1ccc(Nc2nc(-c3ccccc3)nc(N3CCCCC3)n2)cc1. The van der Waals surface area contributed by atoms with Crippen molar-refractivity contribution in [1.29, 1.82) is 0 Å². The molecule has 0 atom stereocenters. The fourth-order valence-corrected chi connectivity index (χ4v) is 3.14. The first-order valence-electron chi connectivity index (χ1n) is 9.18. The predicted molar refractivity (Wildman–Crippen MR) is 106 cm³/mol. The molecule has 1 fully saturated rings. The molecular weight excluding hydrogens is 322 g/mol. The van der Waals surface area contributed by atoms with Crippen LogP contribution in [-0.4, -0.2) is 28.0 Å². The Morgan fingerprint density at radius 3 is 2.27 bits per heavy atom. The normalized spacial score (nSPS) is 14.3. The molecule has 1 N–H and O–H groups in total. The van der Waals surface area contributed by atoms with E-state index in [9.17, 15) is 0 Å². The molecule has 26 heavy (non-hydrogen) atoms. The fraction of sp³-hybridized carbons (Fsp3) is 0.286. The van der Waals surface area contributed by atoms with E-state index in [0.29, 0.717) is 11.8 Å². The zero-order valence-electron chi connectivity index (χ0n) is 15.0. The van der Waals surface area contributed by atoms with Crippen LogP contribution >= 0.6 is 0 Å². The van der Waals surface area contributed by atoms with Crippen LogP contribution in [0, 0.1) is 6.92 Å². The standard InChI is InChI=1S/C21H23N5/c1-16-10-12-18(13-11-16)22-20-23-19(17-8-4-2-5-9-17)24-21(25-20)26-14-6-3-7-15-26/h2,4-5,8-13H,3,6-7,14-15H2,1H3,(H,22,23,24,25). The summed E-state index contributed by atoms with van der Waals surface area (Å²) in [4.78, 5) is 16.4. The maximum Gasteiger partial charge on any atom is 0.232 e. The van der Waals surface area contributed by atoms with Gasteiger partial charge in [0, 0.05) is 24.3 Å². The summed E-state index contributed by atoms with van der Waals surface area (Å²) in [6, 6.07) is 18.3. The third-order valence-electron chi connectivity index (χ3n) is 4.60. The van der Waals surface area contributed by atoms with Crippen LogP contribution in [0.3, 0.4) is 0 Å². The molecule has 0 spiro atoms. The summed E-state index contributed by atoms with van der Waals surface area (Å²) >= 11 is 0. The molecule has 0 aliphatic carbocycles. The number of aromatic nitrogens is 3. The molecule has 1 aliphatic rings. The zero-order valence-corrected chi connectivity index (χ0v) is 15.0. The maximum absolute atomic E-state index is 4.75. The minimum absolute atomic E-state index is 0.586. The largest absolute Gasteiger partial charge is 0.341 e. The minimum Gasteiger partial charge on any atom is -0.341 e. The Kier molecular flexibility index (Phi) is 4.78. The Labute approximate surface area is 154 Å². The van der Waals surface area contributed by atoms with Gasteiger partial charge in [-0.15, -0.1) is 0 Å². The van der Waals surface area contributed by atoms with Gasteiger partial charge in [0.1, 0.15) is 0 Å². The molecule has 3 aromatic rings. The van der Waals surface area contributed by atoms with E-state index in [-0.39, 0.29) is 0 Å². The molecule has 2 heterocycles. The van der Waals surface area contributed by atoms with Crippen molar-refractivity contribution in [2.24, 2.45) is 0 Å². The van der Waals surface area contributed by atoms with Crippen LogP contribution in [0.25, 0.3) is 11.4 Å². The summed E-state index contributed by atoms with van der Waals surface area (Å²) < 4.78 is 0. The second-order valence-corrected chi connectivity index (χ2v) is 6.69. The molecule has 0 radical (unpaired) electrons. The van der Waals surface area contributed by atoms with E-state index in [1.54, 1.807) is 0 Å². The van der Waals surface area contributed by atoms with Crippen LogP contribution in [-0.2, 0) is 0 Å². The van der Waals surface area contributed by atoms with Crippen molar-refractivity contribution in [3.63, 3.8) is 0 Å². The Morgan fingerprint density at radius 1 is 0.808 bits per heavy atom. The van der Waals surface area contributed by atoms with Crippen molar-refractivity contribution in [1.82, 2.24) is 15.0 Å². The number of anilines is 3. The van der Waals surface area contributed by atoms with E-state index in [1.807, 2.05) is 42.5 Å². The number of nitrogens with zero attached hydrogens (tertiary/aromatic N) is 4. The summed E-state index contributed by atoms with van der Waals surface area (Å²) in [5.74, 6) is 2.05. The first-order chi connectivity index (χ1) is 12.8. The van der Waals surface area contributed by atoms with Gasteiger partial charge in [-0.2, -0.15) is 15.0 Å². The van der Waals surface area contributed by atoms with Crippen molar-refractivity contribution in [2.45, 2.75) is 26.2 Å². The molecule has 1 aromatic heterocycles. The third-order valence-corrected chi connectivity index (χ3v) is 4.60. The van der Waals surface area contributed by atoms with E-state index in [0.717, 1.165) is 30.3 Å². The van der Waals surface area contributed by atoms with Gasteiger partial charge in [-0.1, -0.05) is 48.0 Å². The van der Waals surface area contributed by atoms with Crippen LogP contribution in [0.2, 0.25) is 0 Å². The van der Waals surface area contributed by atoms with Crippen LogP contribution < -0.4 is 10.2 Å². The van der Waals surface area contributed by atoms with Crippen LogP contribution in [0.5, 0.6) is 0 Å². The van der Waals surface area contributed by atoms with Gasteiger partial charge in [-0.25, -0.2) is 0 Å². The van der Waals surface area contributed by atoms with Crippen LogP contribution in [0.15, 0.2) is 54.6 Å². The summed E-state index contributed by atoms with van der Waals surface area (Å²) in [6.07, 6.45) is 3.65. The number of hydrogen-bond donors (Lipinski definition) is 1. The van der Waals surface area contributed by atoms with Gasteiger partial charge >= 0.3 is 0 Å². The molecule has 0 saturated carbocycles. The van der Waals surface area contributed by atoms with Crippen molar-refractivity contribution in [3.8, 4) is 11.4 Å². The number of nitrogens with one attached hydrogen (secondary N) is 1. The van der Waals surface area contributed by atoms with Crippen LogP contribution in [0.4, 0.5) is 17.6 Å². The molecule has 0 bridgehead atoms. The lowest BCUT2D eigenvalue weighted by molar-refractivity contribution is 0.568. The number of benzene rings is 2. The fourth-order valence-electron chi connectivity index (χ4n) is 3.14. The number of rotatable bonds is 4. The van der Waals surface area contributed by atoms with Crippen molar-refractivity contribution in [3.05, 3.63) is 60.2 Å². The monoisotopic (exact) mass is 345 g/mol. The molecule has 4 rings (SSSR count). The van der Waals surface area contributed by atoms with Crippen molar-refractivity contribution in [2.75, 3.05) is 23.3 Å². The number of hydrogen-bond acceptors (Lipinski definition) is 5. The van der Waals surface area contributed by atoms with Gasteiger partial charge in [0.15, 0.2) is 5.82 Å². The second-order valence-electron chi connectivity index (χ2n) is 6.69. The Morgan fingerprint density at radius 2 is 1.54 bits per heavy atom. The molecule has 0 amide bonds. The molecule has 1 aliphatic heterocycles. The average Bonchev–Trinajstić information content (AvgIpc) is 2.71. The summed E-state index contributed by atoms with van der Waals surface area (Å²) in [6.45, 7) is 4.08. The maximum atomic E-state index is 4.75. The quantitative estimate of drug-likeness (QED) is 0.750. The van der Waals surface area contributed by atoms with E-state index >= 15 is 0 Å². The van der Waals surface area contributed by atoms with Gasteiger partial charge in [0.2, 0.25) is 11.9 Å². The highest BCUT2D eigenvalue weighted by Gasteiger charge is 2.17. The van der Waals surface area contributed by atoms with Gasteiger partial charge in [0.25, 0.3) is 0 Å². The first-order valence-corrected chi connectivity index (χ1v) is 9.18. The van der Waals surface area contributed by atoms with E-state index in [1.165, 1.54) is 24.8 Å². The minimum atomic E-state index is 0.586. The highest BCUT2D eigenvalue weighted by atomic mass is 15.3. The van der Waals surface area contributed by atoms with E-state index < -0.39 is 0 Å². The lowest BCUT2D eigenvalue weighted by Gasteiger charge is -2.27. The zero-order chi connectivity index (χ0) is 17.8. The summed E-state index contributed by atoms with van der Waals surface area (Å²) in [7, 11) is 0. The highest BCUT2D eigenvalue weighted by Crippen LogP contribution is 2.23. The van der Waals surface area contributed by atoms with Crippen molar-refractivity contribution >= 4 is 17.6 Å². The smallest absolute Gasteiger partial charge is 0.232 e. The summed E-state index contributed by atoms with van der Waals surface area (Å²) in [5, 5.41) is 3.33. The Bertz CT molecular complexity index is 855. The Hall–Kier alpha value is -2.95. The molecular formula is C21H23N5. The number of aryl methyl sites for hydroxylation is 1. The molecule has 0 unspecified atom stereocenters. The third kappa shape index (κ3) is 3.82. The lowest BCUT2D eigenvalue weighted by atomic mass is 10.1. The predicted octanol–water partition coefficient (Wildman–Crippen LogP) is 4.58. The number of piperidine rings is 1. The topological polar surface area (TPSA) is 53.9 Å². The van der Waals surface area contributed by atoms with Gasteiger partial charge in [-0.05, 0) is 38.3 Å². The van der Waals surface area contributed by atoms with Crippen molar-refractivity contribution < 1.29 is 0 Å². The molecule has 2 aromatic carbocycles. The summed E-state index contributed by atoms with van der Waals surface area (Å²) in [5.41, 5.74) is 3.20.